The lowest BCUT2D eigenvalue weighted by Crippen LogP contribution is -2.27. The third kappa shape index (κ3) is 2.35. The van der Waals surface area contributed by atoms with Crippen molar-refractivity contribution in [3.8, 4) is 11.5 Å². The molecule has 0 radical (unpaired) electrons. The van der Waals surface area contributed by atoms with Crippen LogP contribution in [-0.4, -0.2) is 13.2 Å². The second-order valence-corrected chi connectivity index (χ2v) is 4.62. The van der Waals surface area contributed by atoms with Crippen molar-refractivity contribution in [2.75, 3.05) is 13.2 Å². The lowest BCUT2D eigenvalue weighted by molar-refractivity contribution is 0.171. The Morgan fingerprint density at radius 3 is 2.47 bits per heavy atom. The Balaban J connectivity index is 0.00000108. The number of nitrogens with two attached hydrogens (primary N) is 1. The number of hydrogen-bond acceptors (Lipinski definition) is 3. The predicted molar refractivity (Wildman–Crippen MR) is 68.9 cm³/mol. The minimum atomic E-state index is 0. The summed E-state index contributed by atoms with van der Waals surface area (Å²) in [5, 5.41) is 0. The molecule has 1 aromatic rings. The fraction of sp³-hybridized carbons (Fsp3) is 0.538. The van der Waals surface area contributed by atoms with E-state index in [1.165, 1.54) is 24.8 Å². The lowest BCUT2D eigenvalue weighted by Gasteiger charge is -2.32. The van der Waals surface area contributed by atoms with E-state index < -0.39 is 0 Å². The summed E-state index contributed by atoms with van der Waals surface area (Å²) in [5.74, 6) is 2.34. The molecule has 1 aromatic carbocycles. The second-order valence-electron chi connectivity index (χ2n) is 4.62. The van der Waals surface area contributed by atoms with Crippen molar-refractivity contribution in [3.05, 3.63) is 23.8 Å². The minimum Gasteiger partial charge on any atom is -0.486 e. The van der Waals surface area contributed by atoms with Crippen LogP contribution in [0.25, 0.3) is 0 Å². The maximum Gasteiger partial charge on any atom is 0.161 e. The number of fused-ring (bicyclic) bond motifs is 1. The molecule has 1 fully saturated rings. The highest BCUT2D eigenvalue weighted by Crippen LogP contribution is 2.39. The molecule has 1 aliphatic carbocycles. The Hall–Kier alpha value is -0.930. The van der Waals surface area contributed by atoms with Crippen LogP contribution in [-0.2, 0) is 0 Å². The molecule has 0 saturated heterocycles. The van der Waals surface area contributed by atoms with Gasteiger partial charge in [0.25, 0.3) is 0 Å². The van der Waals surface area contributed by atoms with Gasteiger partial charge >= 0.3 is 0 Å². The van der Waals surface area contributed by atoms with Crippen molar-refractivity contribution in [2.24, 2.45) is 11.7 Å². The molecule has 0 amide bonds. The molecule has 0 spiro atoms. The Morgan fingerprint density at radius 1 is 1.12 bits per heavy atom. The number of rotatable bonds is 2. The van der Waals surface area contributed by atoms with Crippen molar-refractivity contribution in [1.29, 1.82) is 0 Å². The van der Waals surface area contributed by atoms with Gasteiger partial charge in [0.15, 0.2) is 11.5 Å². The van der Waals surface area contributed by atoms with E-state index in [1.54, 1.807) is 0 Å². The van der Waals surface area contributed by atoms with E-state index in [0.29, 0.717) is 19.1 Å². The van der Waals surface area contributed by atoms with Gasteiger partial charge in [0.1, 0.15) is 13.2 Å². The van der Waals surface area contributed by atoms with E-state index in [1.807, 2.05) is 12.1 Å². The van der Waals surface area contributed by atoms with Crippen LogP contribution in [0.4, 0.5) is 0 Å². The Morgan fingerprint density at radius 2 is 1.82 bits per heavy atom. The van der Waals surface area contributed by atoms with Gasteiger partial charge < -0.3 is 15.2 Å². The Labute approximate surface area is 108 Å². The molecule has 4 heteroatoms. The first-order valence-corrected chi connectivity index (χ1v) is 6.00. The van der Waals surface area contributed by atoms with Crippen LogP contribution >= 0.6 is 12.4 Å². The van der Waals surface area contributed by atoms with Crippen LogP contribution in [0.3, 0.4) is 0 Å². The molecular weight excluding hydrogens is 238 g/mol. The fourth-order valence-electron chi connectivity index (χ4n) is 2.34. The van der Waals surface area contributed by atoms with Gasteiger partial charge in [0.2, 0.25) is 0 Å². The molecule has 1 aliphatic heterocycles. The van der Waals surface area contributed by atoms with Crippen LogP contribution in [0.15, 0.2) is 18.2 Å². The zero-order valence-corrected chi connectivity index (χ0v) is 10.5. The summed E-state index contributed by atoms with van der Waals surface area (Å²) in [7, 11) is 0. The number of benzene rings is 1. The summed E-state index contributed by atoms with van der Waals surface area (Å²) in [6.07, 6.45) is 3.84. The third-order valence-corrected chi connectivity index (χ3v) is 3.61. The van der Waals surface area contributed by atoms with Crippen LogP contribution in [0.5, 0.6) is 11.5 Å². The van der Waals surface area contributed by atoms with E-state index >= 15 is 0 Å². The van der Waals surface area contributed by atoms with Crippen LogP contribution < -0.4 is 15.2 Å². The molecule has 2 N–H and O–H groups in total. The molecule has 17 heavy (non-hydrogen) atoms. The SMILES string of the molecule is Cl.N[C@@H](c1ccc2c(c1)OCCO2)C1CCC1. The van der Waals surface area contributed by atoms with E-state index in [2.05, 4.69) is 6.07 Å². The quantitative estimate of drug-likeness (QED) is 0.884. The Bertz CT molecular complexity index is 393. The number of hydrogen-bond donors (Lipinski definition) is 1. The number of ether oxygens (including phenoxy) is 2. The molecule has 3 nitrogen and oxygen atoms in total. The lowest BCUT2D eigenvalue weighted by atomic mass is 9.77. The van der Waals surface area contributed by atoms with Gasteiger partial charge in [-0.1, -0.05) is 12.5 Å². The highest BCUT2D eigenvalue weighted by Gasteiger charge is 2.26. The molecule has 94 valence electrons. The molecule has 2 aliphatic rings. The molecule has 1 heterocycles. The zero-order valence-electron chi connectivity index (χ0n) is 9.72. The third-order valence-electron chi connectivity index (χ3n) is 3.61. The van der Waals surface area contributed by atoms with Gasteiger partial charge in [0, 0.05) is 6.04 Å². The smallest absolute Gasteiger partial charge is 0.161 e. The molecule has 1 saturated carbocycles. The summed E-state index contributed by atoms with van der Waals surface area (Å²) >= 11 is 0. The highest BCUT2D eigenvalue weighted by atomic mass is 35.5. The molecule has 0 unspecified atom stereocenters. The van der Waals surface area contributed by atoms with Crippen LogP contribution in [0.2, 0.25) is 0 Å². The topological polar surface area (TPSA) is 44.5 Å². The van der Waals surface area contributed by atoms with Crippen molar-refractivity contribution in [2.45, 2.75) is 25.3 Å². The summed E-state index contributed by atoms with van der Waals surface area (Å²) < 4.78 is 11.1. The molecule has 3 rings (SSSR count). The summed E-state index contributed by atoms with van der Waals surface area (Å²) in [5.41, 5.74) is 7.41. The van der Waals surface area contributed by atoms with Gasteiger partial charge in [0.05, 0.1) is 0 Å². The van der Waals surface area contributed by atoms with Crippen molar-refractivity contribution in [3.63, 3.8) is 0 Å². The average molecular weight is 256 g/mol. The van der Waals surface area contributed by atoms with E-state index in [0.717, 1.165) is 11.5 Å². The predicted octanol–water partition coefficient (Wildman–Crippen LogP) is 2.68. The maximum absolute atomic E-state index is 6.24. The van der Waals surface area contributed by atoms with E-state index in [-0.39, 0.29) is 18.4 Å². The normalized spacial score (nSPS) is 20.1. The van der Waals surface area contributed by atoms with Crippen LogP contribution in [0.1, 0.15) is 30.9 Å². The highest BCUT2D eigenvalue weighted by molar-refractivity contribution is 5.85. The average Bonchev–Trinajstić information content (AvgIpc) is 2.26. The van der Waals surface area contributed by atoms with Crippen molar-refractivity contribution in [1.82, 2.24) is 0 Å². The van der Waals surface area contributed by atoms with E-state index in [4.69, 9.17) is 15.2 Å². The van der Waals surface area contributed by atoms with Gasteiger partial charge in [-0.05, 0) is 36.5 Å². The molecule has 0 aromatic heterocycles. The van der Waals surface area contributed by atoms with Gasteiger partial charge in [-0.3, -0.25) is 0 Å². The summed E-state index contributed by atoms with van der Waals surface area (Å²) in [4.78, 5) is 0. The maximum atomic E-state index is 6.24. The summed E-state index contributed by atoms with van der Waals surface area (Å²) in [6.45, 7) is 1.27. The monoisotopic (exact) mass is 255 g/mol. The van der Waals surface area contributed by atoms with Crippen molar-refractivity contribution < 1.29 is 9.47 Å². The first-order valence-electron chi connectivity index (χ1n) is 6.00. The van der Waals surface area contributed by atoms with E-state index in [9.17, 15) is 0 Å². The standard InChI is InChI=1S/C13H17NO2.ClH/c14-13(9-2-1-3-9)10-4-5-11-12(8-10)16-7-6-15-11;/h4-5,8-9,13H,1-3,6-7,14H2;1H/t13-;/m1./s1. The Kier molecular flexibility index (Phi) is 3.79. The van der Waals surface area contributed by atoms with Gasteiger partial charge in [-0.15, -0.1) is 12.4 Å². The molecule has 1 atom stereocenters. The fourth-order valence-corrected chi connectivity index (χ4v) is 2.34. The first-order chi connectivity index (χ1) is 7.84. The minimum absolute atomic E-state index is 0. The zero-order chi connectivity index (χ0) is 11.0. The summed E-state index contributed by atoms with van der Waals surface area (Å²) in [6, 6.07) is 6.24. The van der Waals surface area contributed by atoms with Gasteiger partial charge in [-0.2, -0.15) is 0 Å². The largest absolute Gasteiger partial charge is 0.486 e. The van der Waals surface area contributed by atoms with Gasteiger partial charge in [-0.25, -0.2) is 0 Å². The van der Waals surface area contributed by atoms with Crippen molar-refractivity contribution >= 4 is 12.4 Å². The first kappa shape index (κ1) is 12.5. The molecule has 0 bridgehead atoms. The van der Waals surface area contributed by atoms with Crippen LogP contribution in [0, 0.1) is 5.92 Å². The second kappa shape index (κ2) is 5.15. The number of halogens is 1. The molecular formula is C13H18ClNO2.